The molecule has 68 valence electrons. The van der Waals surface area contributed by atoms with E-state index in [0.29, 0.717) is 0 Å². The Labute approximate surface area is 72.1 Å². The molecule has 0 aliphatic rings. The van der Waals surface area contributed by atoms with Gasteiger partial charge in [0.25, 0.3) is 0 Å². The van der Waals surface area contributed by atoms with Crippen molar-refractivity contribution >= 4 is 11.7 Å². The predicted molar refractivity (Wildman–Crippen MR) is 41.8 cm³/mol. The van der Waals surface area contributed by atoms with Crippen molar-refractivity contribution in [2.45, 2.75) is 0 Å². The molecule has 0 bridgehead atoms. The molecule has 0 radical (unpaired) electrons. The van der Waals surface area contributed by atoms with Crippen molar-refractivity contribution < 1.29 is 14.9 Å². The lowest BCUT2D eigenvalue weighted by molar-refractivity contribution is -0.445. The van der Waals surface area contributed by atoms with Crippen LogP contribution in [0.3, 0.4) is 0 Å². The third kappa shape index (κ3) is 2.40. The Kier molecular flexibility index (Phi) is 2.38. The Balaban J connectivity index is 2.81. The van der Waals surface area contributed by atoms with E-state index in [1.807, 2.05) is 5.43 Å². The minimum Gasteiger partial charge on any atom is -0.477 e. The van der Waals surface area contributed by atoms with Crippen LogP contribution in [0.4, 0.5) is 5.69 Å². The molecular formula is C6H5N3O4. The van der Waals surface area contributed by atoms with E-state index in [4.69, 9.17) is 5.11 Å². The van der Waals surface area contributed by atoms with Crippen LogP contribution in [0.25, 0.3) is 0 Å². The average Bonchev–Trinajstić information content (AvgIpc) is 2.04. The Hall–Kier alpha value is -2.18. The van der Waals surface area contributed by atoms with E-state index < -0.39 is 11.0 Å². The van der Waals surface area contributed by atoms with Gasteiger partial charge in [0.05, 0.1) is 6.20 Å². The van der Waals surface area contributed by atoms with E-state index in [-0.39, 0.29) is 11.4 Å². The fourth-order valence-electron chi connectivity index (χ4n) is 0.692. The largest absolute Gasteiger partial charge is 0.477 e. The highest BCUT2D eigenvalue weighted by atomic mass is 16.7. The lowest BCUT2D eigenvalue weighted by atomic mass is 10.3. The van der Waals surface area contributed by atoms with Crippen LogP contribution in [-0.2, 0) is 0 Å². The van der Waals surface area contributed by atoms with Gasteiger partial charge in [0.1, 0.15) is 11.4 Å². The molecule has 2 N–H and O–H groups in total. The molecular weight excluding hydrogens is 178 g/mol. The number of carbonyl (C=O) groups is 1. The van der Waals surface area contributed by atoms with Gasteiger partial charge in [-0.25, -0.2) is 19.9 Å². The molecule has 7 nitrogen and oxygen atoms in total. The van der Waals surface area contributed by atoms with Crippen LogP contribution in [0.15, 0.2) is 18.3 Å². The summed E-state index contributed by atoms with van der Waals surface area (Å²) in [6, 6.07) is 2.44. The molecule has 0 fully saturated rings. The number of hydrogen-bond acceptors (Lipinski definition) is 4. The lowest BCUT2D eigenvalue weighted by Crippen LogP contribution is -2.08. The normalized spacial score (nSPS) is 9.23. The van der Waals surface area contributed by atoms with Crippen molar-refractivity contribution in [2.24, 2.45) is 0 Å². The Morgan fingerprint density at radius 1 is 1.62 bits per heavy atom. The third-order valence-corrected chi connectivity index (χ3v) is 1.20. The number of rotatable bonds is 3. The Bertz CT molecular complexity index is 334. The molecule has 1 aromatic rings. The second kappa shape index (κ2) is 3.48. The number of aromatic carboxylic acids is 1. The smallest absolute Gasteiger partial charge is 0.354 e. The van der Waals surface area contributed by atoms with Gasteiger partial charge in [-0.05, 0) is 12.1 Å². The zero-order valence-corrected chi connectivity index (χ0v) is 6.30. The van der Waals surface area contributed by atoms with Gasteiger partial charge in [-0.15, -0.1) is 5.43 Å². The van der Waals surface area contributed by atoms with Crippen molar-refractivity contribution in [1.29, 1.82) is 0 Å². The average molecular weight is 183 g/mol. The number of nitrogens with zero attached hydrogens (tertiary/aromatic N) is 2. The van der Waals surface area contributed by atoms with Crippen LogP contribution in [0.2, 0.25) is 0 Å². The quantitative estimate of drug-likeness (QED) is 0.518. The van der Waals surface area contributed by atoms with Crippen LogP contribution in [0.5, 0.6) is 0 Å². The van der Waals surface area contributed by atoms with Gasteiger partial charge in [0.2, 0.25) is 0 Å². The first kappa shape index (κ1) is 8.91. The summed E-state index contributed by atoms with van der Waals surface area (Å²) in [5.74, 6) is -1.17. The number of carboxylic acid groups (broad SMARTS) is 1. The molecule has 0 spiro atoms. The predicted octanol–water partition coefficient (Wildman–Crippen LogP) is 0.383. The maximum atomic E-state index is 10.3. The van der Waals surface area contributed by atoms with Gasteiger partial charge in [0, 0.05) is 0 Å². The molecule has 0 atom stereocenters. The summed E-state index contributed by atoms with van der Waals surface area (Å²) in [6.45, 7) is 0. The standard InChI is InChI=1S/C6H5N3O4/c10-6(11)5-2-1-4(3-7-5)8-9(12)13/h1-3,8H,(H,10,11). The molecule has 0 aromatic carbocycles. The molecule has 0 aliphatic carbocycles. The highest BCUT2D eigenvalue weighted by Gasteiger charge is 2.04. The summed E-state index contributed by atoms with van der Waals surface area (Å²) in [5, 5.41) is 17.6. The van der Waals surface area contributed by atoms with E-state index in [1.54, 1.807) is 0 Å². The van der Waals surface area contributed by atoms with Gasteiger partial charge >= 0.3 is 5.97 Å². The fraction of sp³-hybridized carbons (Fsp3) is 0. The van der Waals surface area contributed by atoms with Crippen molar-refractivity contribution in [1.82, 2.24) is 4.98 Å². The molecule has 7 heteroatoms. The number of hydrazine groups is 1. The number of hydrogen-bond donors (Lipinski definition) is 2. The summed E-state index contributed by atoms with van der Waals surface area (Å²) in [5.41, 5.74) is 1.81. The molecule has 1 rings (SSSR count). The second-order valence-corrected chi connectivity index (χ2v) is 2.11. The molecule has 0 saturated carbocycles. The number of anilines is 1. The van der Waals surface area contributed by atoms with Crippen molar-refractivity contribution in [3.63, 3.8) is 0 Å². The van der Waals surface area contributed by atoms with Crippen molar-refractivity contribution in [3.05, 3.63) is 34.1 Å². The maximum Gasteiger partial charge on any atom is 0.354 e. The van der Waals surface area contributed by atoms with E-state index in [9.17, 15) is 14.9 Å². The summed E-state index contributed by atoms with van der Waals surface area (Å²) in [4.78, 5) is 23.7. The zero-order valence-electron chi connectivity index (χ0n) is 6.30. The Morgan fingerprint density at radius 3 is 2.69 bits per heavy atom. The lowest BCUT2D eigenvalue weighted by Gasteiger charge is -1.96. The highest BCUT2D eigenvalue weighted by molar-refractivity contribution is 5.85. The van der Waals surface area contributed by atoms with Crippen molar-refractivity contribution in [3.8, 4) is 0 Å². The van der Waals surface area contributed by atoms with Gasteiger partial charge in [-0.3, -0.25) is 0 Å². The number of pyridine rings is 1. The van der Waals surface area contributed by atoms with Crippen LogP contribution in [-0.4, -0.2) is 21.1 Å². The highest BCUT2D eigenvalue weighted by Crippen LogP contribution is 2.05. The minimum absolute atomic E-state index is 0.134. The molecule has 1 heterocycles. The SMILES string of the molecule is O=C(O)c1ccc(N[N+](=O)[O-])cn1. The molecule has 0 aliphatic heterocycles. The number of nitrogens with one attached hydrogen (secondary N) is 1. The van der Waals surface area contributed by atoms with Crippen LogP contribution in [0.1, 0.15) is 10.5 Å². The van der Waals surface area contributed by atoms with E-state index in [1.165, 1.54) is 12.1 Å². The van der Waals surface area contributed by atoms with Gasteiger partial charge < -0.3 is 5.11 Å². The molecule has 13 heavy (non-hydrogen) atoms. The summed E-state index contributed by atoms with van der Waals surface area (Å²) >= 11 is 0. The summed E-state index contributed by atoms with van der Waals surface area (Å²) in [7, 11) is 0. The number of nitro groups is 1. The van der Waals surface area contributed by atoms with E-state index in [0.717, 1.165) is 6.20 Å². The summed E-state index contributed by atoms with van der Waals surface area (Å²) < 4.78 is 0. The van der Waals surface area contributed by atoms with E-state index in [2.05, 4.69) is 4.98 Å². The molecule has 0 saturated heterocycles. The van der Waals surface area contributed by atoms with E-state index >= 15 is 0 Å². The second-order valence-electron chi connectivity index (χ2n) is 2.11. The number of carboxylic acids is 1. The first-order valence-electron chi connectivity index (χ1n) is 3.20. The van der Waals surface area contributed by atoms with Gasteiger partial charge in [-0.2, -0.15) is 0 Å². The van der Waals surface area contributed by atoms with Gasteiger partial charge in [-0.1, -0.05) is 0 Å². The third-order valence-electron chi connectivity index (χ3n) is 1.20. The monoisotopic (exact) mass is 183 g/mol. The first-order valence-corrected chi connectivity index (χ1v) is 3.20. The molecule has 0 amide bonds. The van der Waals surface area contributed by atoms with Gasteiger partial charge in [0.15, 0.2) is 5.03 Å². The van der Waals surface area contributed by atoms with Crippen LogP contribution in [0, 0.1) is 10.1 Å². The number of aromatic nitrogens is 1. The minimum atomic E-state index is -1.17. The fourth-order valence-corrected chi connectivity index (χ4v) is 0.692. The summed E-state index contributed by atoms with van der Waals surface area (Å²) in [6.07, 6.45) is 1.08. The Morgan fingerprint density at radius 2 is 2.31 bits per heavy atom. The zero-order chi connectivity index (χ0) is 9.84. The van der Waals surface area contributed by atoms with Crippen molar-refractivity contribution in [2.75, 3.05) is 5.43 Å². The molecule has 0 unspecified atom stereocenters. The van der Waals surface area contributed by atoms with Crippen LogP contribution < -0.4 is 5.43 Å². The van der Waals surface area contributed by atoms with Crippen LogP contribution >= 0.6 is 0 Å². The first-order chi connectivity index (χ1) is 6.09. The molecule has 1 aromatic heterocycles. The maximum absolute atomic E-state index is 10.3. The topological polar surface area (TPSA) is 105 Å².